The van der Waals surface area contributed by atoms with E-state index in [1.165, 1.54) is 57.8 Å². The number of rotatable bonds is 8. The van der Waals surface area contributed by atoms with E-state index in [2.05, 4.69) is 6.92 Å². The lowest BCUT2D eigenvalue weighted by Crippen LogP contribution is -2.26. The lowest BCUT2D eigenvalue weighted by molar-refractivity contribution is -0.140. The Morgan fingerprint density at radius 2 is 1.30 bits per heavy atom. The molecule has 0 spiro atoms. The van der Waals surface area contributed by atoms with Gasteiger partial charge in [0.1, 0.15) is 5.75 Å². The maximum atomic E-state index is 13.3. The van der Waals surface area contributed by atoms with E-state index in [1.54, 1.807) is 0 Å². The van der Waals surface area contributed by atoms with Gasteiger partial charge >= 0.3 is 5.97 Å². The van der Waals surface area contributed by atoms with Gasteiger partial charge in [0, 0.05) is 12.1 Å². The fraction of sp³-hybridized carbons (Fsp3) is 0.720. The monoisotopic (exact) mass is 424 g/mol. The van der Waals surface area contributed by atoms with Crippen LogP contribution in [0.2, 0.25) is 0 Å². The number of hydrogen-bond acceptors (Lipinski definition) is 2. The van der Waals surface area contributed by atoms with E-state index < -0.39 is 23.4 Å². The fourth-order valence-corrected chi connectivity index (χ4v) is 5.25. The first-order valence-electron chi connectivity index (χ1n) is 11.8. The van der Waals surface area contributed by atoms with Crippen LogP contribution in [-0.2, 0) is 4.79 Å². The van der Waals surface area contributed by atoms with Gasteiger partial charge in [-0.1, -0.05) is 64.7 Å². The summed E-state index contributed by atoms with van der Waals surface area (Å²) < 4.78 is 44.7. The summed E-state index contributed by atoms with van der Waals surface area (Å²) in [5, 5.41) is 0. The molecule has 3 rings (SSSR count). The quantitative estimate of drug-likeness (QED) is 0.244. The van der Waals surface area contributed by atoms with Gasteiger partial charge in [-0.15, -0.1) is 0 Å². The third-order valence-electron chi connectivity index (χ3n) is 7.27. The second-order valence-electron chi connectivity index (χ2n) is 9.45. The van der Waals surface area contributed by atoms with Gasteiger partial charge < -0.3 is 4.74 Å². The first kappa shape index (κ1) is 23.1. The molecule has 0 amide bonds. The molecule has 0 N–H and O–H groups in total. The number of esters is 1. The van der Waals surface area contributed by atoms with Gasteiger partial charge in [0.25, 0.3) is 0 Å². The van der Waals surface area contributed by atoms with Crippen LogP contribution in [0.1, 0.15) is 90.4 Å². The predicted octanol–water partition coefficient (Wildman–Crippen LogP) is 7.59. The SMILES string of the molecule is CCCCC1CCC(CCC2CCC(C(=O)Oc3cc(F)c(F)c(F)c3)CC2)CC1. The molecule has 2 aliphatic rings. The molecule has 168 valence electrons. The van der Waals surface area contributed by atoms with Crippen LogP contribution < -0.4 is 4.74 Å². The summed E-state index contributed by atoms with van der Waals surface area (Å²) >= 11 is 0. The summed E-state index contributed by atoms with van der Waals surface area (Å²) in [5.41, 5.74) is 0. The van der Waals surface area contributed by atoms with Crippen molar-refractivity contribution in [3.8, 4) is 5.75 Å². The molecule has 2 saturated carbocycles. The average molecular weight is 425 g/mol. The van der Waals surface area contributed by atoms with Crippen molar-refractivity contribution in [2.24, 2.45) is 23.7 Å². The standard InChI is InChI=1S/C25H35F3O2/c1-2-3-4-17-5-7-18(8-6-17)9-10-19-11-13-20(14-12-19)25(29)30-21-15-22(26)24(28)23(27)16-21/h15-20H,2-14H2,1H3. The second-order valence-corrected chi connectivity index (χ2v) is 9.45. The van der Waals surface area contributed by atoms with Crippen molar-refractivity contribution in [3.05, 3.63) is 29.6 Å². The van der Waals surface area contributed by atoms with E-state index in [9.17, 15) is 18.0 Å². The molecule has 0 aromatic heterocycles. The molecule has 5 heteroatoms. The molecule has 0 heterocycles. The van der Waals surface area contributed by atoms with Gasteiger partial charge in [-0.05, 0) is 43.4 Å². The molecule has 30 heavy (non-hydrogen) atoms. The highest BCUT2D eigenvalue weighted by Gasteiger charge is 2.29. The van der Waals surface area contributed by atoms with Crippen LogP contribution in [0.4, 0.5) is 13.2 Å². The summed E-state index contributed by atoms with van der Waals surface area (Å²) in [6, 6.07) is 1.44. The Hall–Kier alpha value is -1.52. The largest absolute Gasteiger partial charge is 0.426 e. The van der Waals surface area contributed by atoms with Crippen LogP contribution in [0.3, 0.4) is 0 Å². The Balaban J connectivity index is 1.35. The maximum Gasteiger partial charge on any atom is 0.314 e. The normalized spacial score (nSPS) is 27.1. The van der Waals surface area contributed by atoms with Gasteiger partial charge in [0.15, 0.2) is 17.5 Å². The fourth-order valence-electron chi connectivity index (χ4n) is 5.25. The van der Waals surface area contributed by atoms with Gasteiger partial charge in [-0.3, -0.25) is 4.79 Å². The molecule has 2 aliphatic carbocycles. The number of halogens is 3. The molecule has 2 nitrogen and oxygen atoms in total. The molecule has 0 unspecified atom stereocenters. The Bertz CT molecular complexity index is 667. The highest BCUT2D eigenvalue weighted by atomic mass is 19.2. The van der Waals surface area contributed by atoms with E-state index in [0.29, 0.717) is 5.92 Å². The number of unbranched alkanes of at least 4 members (excludes halogenated alkanes) is 1. The second kappa shape index (κ2) is 11.2. The van der Waals surface area contributed by atoms with Crippen LogP contribution in [0, 0.1) is 41.1 Å². The average Bonchev–Trinajstić information content (AvgIpc) is 2.75. The molecule has 0 radical (unpaired) electrons. The van der Waals surface area contributed by atoms with Crippen LogP contribution in [-0.4, -0.2) is 5.97 Å². The molecule has 2 fully saturated rings. The lowest BCUT2D eigenvalue weighted by atomic mass is 9.75. The van der Waals surface area contributed by atoms with Crippen molar-refractivity contribution in [1.82, 2.24) is 0 Å². The minimum absolute atomic E-state index is 0.244. The van der Waals surface area contributed by atoms with E-state index in [4.69, 9.17) is 4.74 Å². The van der Waals surface area contributed by atoms with E-state index in [-0.39, 0.29) is 11.7 Å². The molecule has 1 aromatic carbocycles. The van der Waals surface area contributed by atoms with Crippen molar-refractivity contribution in [2.45, 2.75) is 90.4 Å². The molecular weight excluding hydrogens is 389 g/mol. The molecule has 0 atom stereocenters. The molecule has 1 aromatic rings. The van der Waals surface area contributed by atoms with Crippen molar-refractivity contribution in [3.63, 3.8) is 0 Å². The van der Waals surface area contributed by atoms with Crippen molar-refractivity contribution >= 4 is 5.97 Å². The van der Waals surface area contributed by atoms with Gasteiger partial charge in [-0.25, -0.2) is 13.2 Å². The summed E-state index contributed by atoms with van der Waals surface area (Å²) in [7, 11) is 0. The highest BCUT2D eigenvalue weighted by Crippen LogP contribution is 2.38. The summed E-state index contributed by atoms with van der Waals surface area (Å²) in [6.45, 7) is 2.27. The molecule has 0 aliphatic heterocycles. The molecule has 0 saturated heterocycles. The minimum Gasteiger partial charge on any atom is -0.426 e. The predicted molar refractivity (Wildman–Crippen MR) is 112 cm³/mol. The third-order valence-corrected chi connectivity index (χ3v) is 7.27. The van der Waals surface area contributed by atoms with Crippen molar-refractivity contribution in [1.29, 1.82) is 0 Å². The Morgan fingerprint density at radius 1 is 0.833 bits per heavy atom. The molecular formula is C25H35F3O2. The minimum atomic E-state index is -1.55. The van der Waals surface area contributed by atoms with Gasteiger partial charge in [0.05, 0.1) is 5.92 Å². The van der Waals surface area contributed by atoms with Crippen LogP contribution >= 0.6 is 0 Å². The van der Waals surface area contributed by atoms with Crippen LogP contribution in [0.25, 0.3) is 0 Å². The maximum absolute atomic E-state index is 13.3. The van der Waals surface area contributed by atoms with Gasteiger partial charge in [0.2, 0.25) is 0 Å². The van der Waals surface area contributed by atoms with E-state index >= 15 is 0 Å². The van der Waals surface area contributed by atoms with Gasteiger partial charge in [-0.2, -0.15) is 0 Å². The summed E-state index contributed by atoms with van der Waals surface area (Å²) in [4.78, 5) is 12.3. The van der Waals surface area contributed by atoms with E-state index in [1.807, 2.05) is 0 Å². The zero-order valence-corrected chi connectivity index (χ0v) is 18.1. The third kappa shape index (κ3) is 6.49. The summed E-state index contributed by atoms with van der Waals surface area (Å²) in [5.74, 6) is -2.75. The number of carbonyl (C=O) groups excluding carboxylic acids is 1. The summed E-state index contributed by atoms with van der Waals surface area (Å²) in [6.07, 6.45) is 15.6. The van der Waals surface area contributed by atoms with Crippen molar-refractivity contribution < 1.29 is 22.7 Å². The first-order chi connectivity index (χ1) is 14.5. The Kier molecular flexibility index (Phi) is 8.64. The Labute approximate surface area is 178 Å². The van der Waals surface area contributed by atoms with E-state index in [0.717, 1.165) is 49.7 Å². The number of carbonyl (C=O) groups is 1. The van der Waals surface area contributed by atoms with Crippen LogP contribution in [0.5, 0.6) is 5.75 Å². The molecule has 0 bridgehead atoms. The number of benzene rings is 1. The zero-order chi connectivity index (χ0) is 21.5. The smallest absolute Gasteiger partial charge is 0.314 e. The lowest BCUT2D eigenvalue weighted by Gasteiger charge is -2.31. The number of hydrogen-bond donors (Lipinski definition) is 0. The van der Waals surface area contributed by atoms with Crippen LogP contribution in [0.15, 0.2) is 12.1 Å². The highest BCUT2D eigenvalue weighted by molar-refractivity contribution is 5.75. The topological polar surface area (TPSA) is 26.3 Å². The Morgan fingerprint density at radius 3 is 1.80 bits per heavy atom. The first-order valence-corrected chi connectivity index (χ1v) is 11.8. The zero-order valence-electron chi connectivity index (χ0n) is 18.1. The van der Waals surface area contributed by atoms with Crippen molar-refractivity contribution in [2.75, 3.05) is 0 Å². The number of ether oxygens (including phenoxy) is 1.